The maximum Gasteiger partial charge on any atom is 0.323 e. The highest BCUT2D eigenvalue weighted by atomic mass is 32.1. The molecule has 0 bridgehead atoms. The first kappa shape index (κ1) is 17.9. The van der Waals surface area contributed by atoms with Crippen molar-refractivity contribution < 1.29 is 13.9 Å². The van der Waals surface area contributed by atoms with Gasteiger partial charge in [0.2, 0.25) is 0 Å². The Balaban J connectivity index is 1.37. The Hall–Kier alpha value is -2.45. The van der Waals surface area contributed by atoms with E-state index < -0.39 is 0 Å². The van der Waals surface area contributed by atoms with Crippen molar-refractivity contribution in [2.24, 2.45) is 0 Å². The number of ether oxygens (including phenoxy) is 1. The van der Waals surface area contributed by atoms with Crippen LogP contribution in [0.2, 0.25) is 0 Å². The molecular formula is C19H21FN4O2S. The van der Waals surface area contributed by atoms with Crippen LogP contribution in [0.4, 0.5) is 14.3 Å². The fourth-order valence-electron chi connectivity index (χ4n) is 3.59. The molecule has 0 radical (unpaired) electrons. The maximum atomic E-state index is 13.6. The SMILES string of the molecule is COCc1csc(NC(=O)N2CCC(c3c[nH]c4ccc(F)cc34)CC2)n1. The Bertz CT molecular complexity index is 946. The van der Waals surface area contributed by atoms with E-state index in [0.29, 0.717) is 30.7 Å². The van der Waals surface area contributed by atoms with Gasteiger partial charge in [-0.1, -0.05) is 0 Å². The van der Waals surface area contributed by atoms with Gasteiger partial charge in [-0.2, -0.15) is 0 Å². The van der Waals surface area contributed by atoms with Gasteiger partial charge in [0.05, 0.1) is 12.3 Å². The van der Waals surface area contributed by atoms with Crippen molar-refractivity contribution in [2.75, 3.05) is 25.5 Å². The van der Waals surface area contributed by atoms with Crippen LogP contribution in [0.25, 0.3) is 10.9 Å². The topological polar surface area (TPSA) is 70.2 Å². The predicted octanol–water partition coefficient (Wildman–Crippen LogP) is 4.32. The normalized spacial score (nSPS) is 15.4. The number of piperidine rings is 1. The van der Waals surface area contributed by atoms with Gasteiger partial charge in [-0.3, -0.25) is 5.32 Å². The third kappa shape index (κ3) is 3.81. The number of nitrogens with one attached hydrogen (secondary N) is 2. The van der Waals surface area contributed by atoms with Crippen LogP contribution in [-0.2, 0) is 11.3 Å². The number of anilines is 1. The van der Waals surface area contributed by atoms with Gasteiger partial charge < -0.3 is 14.6 Å². The van der Waals surface area contributed by atoms with Crippen molar-refractivity contribution >= 4 is 33.4 Å². The molecule has 1 saturated heterocycles. The highest BCUT2D eigenvalue weighted by Gasteiger charge is 2.26. The number of nitrogens with zero attached hydrogens (tertiary/aromatic N) is 2. The number of halogens is 1. The second kappa shape index (κ2) is 7.66. The minimum atomic E-state index is -0.226. The Morgan fingerprint density at radius 3 is 3.04 bits per heavy atom. The number of carbonyl (C=O) groups excluding carboxylic acids is 1. The number of hydrogen-bond acceptors (Lipinski definition) is 4. The van der Waals surface area contributed by atoms with Crippen LogP contribution in [0.5, 0.6) is 0 Å². The molecule has 142 valence electrons. The molecule has 0 aliphatic carbocycles. The summed E-state index contributed by atoms with van der Waals surface area (Å²) >= 11 is 1.39. The van der Waals surface area contributed by atoms with Crippen molar-refractivity contribution in [3.05, 3.63) is 46.9 Å². The van der Waals surface area contributed by atoms with Gasteiger partial charge in [-0.15, -0.1) is 11.3 Å². The monoisotopic (exact) mass is 388 g/mol. The number of urea groups is 1. The lowest BCUT2D eigenvalue weighted by atomic mass is 9.89. The first-order chi connectivity index (χ1) is 13.1. The molecule has 1 aliphatic heterocycles. The lowest BCUT2D eigenvalue weighted by Gasteiger charge is -2.31. The van der Waals surface area contributed by atoms with E-state index in [4.69, 9.17) is 4.74 Å². The summed E-state index contributed by atoms with van der Waals surface area (Å²) < 4.78 is 18.6. The molecule has 4 rings (SSSR count). The zero-order valence-corrected chi connectivity index (χ0v) is 15.8. The van der Waals surface area contributed by atoms with Gasteiger partial charge >= 0.3 is 6.03 Å². The standard InChI is InChI=1S/C19H21FN4O2S/c1-26-10-14-11-27-18(22-14)23-19(25)24-6-4-12(5-7-24)16-9-21-17-3-2-13(20)8-15(16)17/h2-3,8-9,11-12,21H,4-7,10H2,1H3,(H,22,23,25). The average molecular weight is 388 g/mol. The fraction of sp³-hybridized carbons (Fsp3) is 0.368. The number of H-pyrrole nitrogens is 1. The number of carbonyl (C=O) groups is 1. The molecular weight excluding hydrogens is 367 g/mol. The summed E-state index contributed by atoms with van der Waals surface area (Å²) in [5, 5.41) is 6.26. The van der Waals surface area contributed by atoms with E-state index in [1.807, 2.05) is 16.5 Å². The number of rotatable bonds is 4. The molecule has 3 heterocycles. The van der Waals surface area contributed by atoms with Crippen LogP contribution in [0.15, 0.2) is 29.8 Å². The Labute approximate surface area is 160 Å². The molecule has 1 aliphatic rings. The summed E-state index contributed by atoms with van der Waals surface area (Å²) in [6, 6.07) is 4.69. The highest BCUT2D eigenvalue weighted by Crippen LogP contribution is 2.33. The van der Waals surface area contributed by atoms with E-state index in [9.17, 15) is 9.18 Å². The number of fused-ring (bicyclic) bond motifs is 1. The second-order valence-corrected chi connectivity index (χ2v) is 7.56. The predicted molar refractivity (Wildman–Crippen MR) is 104 cm³/mol. The van der Waals surface area contributed by atoms with Crippen LogP contribution in [-0.4, -0.2) is 41.1 Å². The maximum absolute atomic E-state index is 13.6. The molecule has 0 saturated carbocycles. The minimum absolute atomic E-state index is 0.128. The summed E-state index contributed by atoms with van der Waals surface area (Å²) in [5.74, 6) is 0.0919. The highest BCUT2D eigenvalue weighted by molar-refractivity contribution is 7.13. The molecule has 2 amide bonds. The zero-order valence-electron chi connectivity index (χ0n) is 15.0. The molecule has 1 fully saturated rings. The number of aromatic amines is 1. The molecule has 27 heavy (non-hydrogen) atoms. The largest absolute Gasteiger partial charge is 0.378 e. The van der Waals surface area contributed by atoms with Crippen molar-refractivity contribution in [1.29, 1.82) is 0 Å². The minimum Gasteiger partial charge on any atom is -0.378 e. The van der Waals surface area contributed by atoms with Crippen LogP contribution >= 0.6 is 11.3 Å². The van der Waals surface area contributed by atoms with E-state index in [-0.39, 0.29) is 11.8 Å². The molecule has 0 unspecified atom stereocenters. The van der Waals surface area contributed by atoms with Crippen LogP contribution < -0.4 is 5.32 Å². The summed E-state index contributed by atoms with van der Waals surface area (Å²) in [7, 11) is 1.61. The van der Waals surface area contributed by atoms with Crippen LogP contribution in [0, 0.1) is 5.82 Å². The number of likely N-dealkylation sites (tertiary alicyclic amines) is 1. The van der Waals surface area contributed by atoms with E-state index in [1.54, 1.807) is 19.2 Å². The van der Waals surface area contributed by atoms with Crippen LogP contribution in [0.1, 0.15) is 30.0 Å². The number of hydrogen-bond donors (Lipinski definition) is 2. The van der Waals surface area contributed by atoms with Gasteiger partial charge in [0.25, 0.3) is 0 Å². The first-order valence-corrected chi connectivity index (χ1v) is 9.78. The number of methoxy groups -OCH3 is 1. The molecule has 8 heteroatoms. The summed E-state index contributed by atoms with van der Waals surface area (Å²) in [6.07, 6.45) is 3.67. The smallest absolute Gasteiger partial charge is 0.323 e. The van der Waals surface area contributed by atoms with Crippen molar-refractivity contribution in [2.45, 2.75) is 25.4 Å². The molecule has 2 N–H and O–H groups in total. The number of thiazole rings is 1. The summed E-state index contributed by atoms with van der Waals surface area (Å²) in [4.78, 5) is 21.8. The van der Waals surface area contributed by atoms with E-state index in [2.05, 4.69) is 15.3 Å². The average Bonchev–Trinajstić information content (AvgIpc) is 3.28. The van der Waals surface area contributed by atoms with Crippen molar-refractivity contribution in [1.82, 2.24) is 14.9 Å². The number of aromatic nitrogens is 2. The number of amides is 2. The third-order valence-corrected chi connectivity index (χ3v) is 5.76. The third-order valence-electron chi connectivity index (χ3n) is 4.96. The molecule has 2 aromatic heterocycles. The summed E-state index contributed by atoms with van der Waals surface area (Å²) in [5.41, 5.74) is 2.89. The molecule has 0 spiro atoms. The van der Waals surface area contributed by atoms with Crippen molar-refractivity contribution in [3.63, 3.8) is 0 Å². The van der Waals surface area contributed by atoms with Gasteiger partial charge in [-0.05, 0) is 42.5 Å². The van der Waals surface area contributed by atoms with Gasteiger partial charge in [0, 0.05) is 42.7 Å². The molecule has 6 nitrogen and oxygen atoms in total. The van der Waals surface area contributed by atoms with E-state index in [1.165, 1.54) is 17.4 Å². The quantitative estimate of drug-likeness (QED) is 0.699. The zero-order chi connectivity index (χ0) is 18.8. The van der Waals surface area contributed by atoms with Gasteiger partial charge in [0.1, 0.15) is 5.82 Å². The van der Waals surface area contributed by atoms with E-state index in [0.717, 1.165) is 35.0 Å². The van der Waals surface area contributed by atoms with E-state index >= 15 is 0 Å². The fourth-order valence-corrected chi connectivity index (χ4v) is 4.28. The Morgan fingerprint density at radius 1 is 1.44 bits per heavy atom. The molecule has 0 atom stereocenters. The van der Waals surface area contributed by atoms with Gasteiger partial charge in [0.15, 0.2) is 5.13 Å². The number of benzene rings is 1. The Morgan fingerprint density at radius 2 is 2.26 bits per heavy atom. The Kier molecular flexibility index (Phi) is 5.09. The second-order valence-electron chi connectivity index (χ2n) is 6.70. The molecule has 1 aromatic carbocycles. The van der Waals surface area contributed by atoms with Crippen LogP contribution in [0.3, 0.4) is 0 Å². The lowest BCUT2D eigenvalue weighted by molar-refractivity contribution is 0.182. The summed E-state index contributed by atoms with van der Waals surface area (Å²) in [6.45, 7) is 1.76. The van der Waals surface area contributed by atoms with Gasteiger partial charge in [-0.25, -0.2) is 14.2 Å². The first-order valence-electron chi connectivity index (χ1n) is 8.90. The lowest BCUT2D eigenvalue weighted by Crippen LogP contribution is -2.40. The van der Waals surface area contributed by atoms with Crippen molar-refractivity contribution in [3.8, 4) is 0 Å². The molecule has 3 aromatic rings.